The van der Waals surface area contributed by atoms with Crippen LogP contribution in [0.15, 0.2) is 42.5 Å². The molecule has 128 valence electrons. The molecule has 0 bridgehead atoms. The maximum absolute atomic E-state index is 12.5. The third-order valence-electron chi connectivity index (χ3n) is 4.11. The number of non-ortho nitro benzene ring substituents is 1. The van der Waals surface area contributed by atoms with Crippen molar-refractivity contribution in [1.29, 1.82) is 0 Å². The largest absolute Gasteiger partial charge is 0.497 e. The lowest BCUT2D eigenvalue weighted by atomic mass is 9.88. The number of hydrogen-bond acceptors (Lipinski definition) is 6. The predicted molar refractivity (Wildman–Crippen MR) is 87.6 cm³/mol. The van der Waals surface area contributed by atoms with Crippen LogP contribution in [-0.4, -0.2) is 28.8 Å². The number of methoxy groups -OCH3 is 1. The third kappa shape index (κ3) is 2.83. The van der Waals surface area contributed by atoms with E-state index >= 15 is 0 Å². The van der Waals surface area contributed by atoms with Gasteiger partial charge in [-0.2, -0.15) is 0 Å². The molecule has 8 heteroatoms. The summed E-state index contributed by atoms with van der Waals surface area (Å²) in [7, 11) is 1.49. The van der Waals surface area contributed by atoms with E-state index in [-0.39, 0.29) is 16.9 Å². The zero-order chi connectivity index (χ0) is 18.2. The summed E-state index contributed by atoms with van der Waals surface area (Å²) in [6.45, 7) is 0. The van der Waals surface area contributed by atoms with Crippen LogP contribution in [0.5, 0.6) is 5.75 Å². The van der Waals surface area contributed by atoms with Gasteiger partial charge in [0.25, 0.3) is 11.6 Å². The number of nitro benzene ring substituents is 1. The normalized spacial score (nSPS) is 18.4. The second-order valence-corrected chi connectivity index (χ2v) is 5.63. The summed E-state index contributed by atoms with van der Waals surface area (Å²) in [5.41, 5.74) is -1.86. The Morgan fingerprint density at radius 2 is 1.96 bits per heavy atom. The molecule has 0 saturated carbocycles. The Balaban J connectivity index is 1.93. The fourth-order valence-electron chi connectivity index (χ4n) is 2.73. The van der Waals surface area contributed by atoms with Gasteiger partial charge < -0.3 is 15.2 Å². The van der Waals surface area contributed by atoms with Gasteiger partial charge in [0.15, 0.2) is 11.4 Å². The summed E-state index contributed by atoms with van der Waals surface area (Å²) in [4.78, 5) is 35.0. The monoisotopic (exact) mass is 342 g/mol. The topological polar surface area (TPSA) is 119 Å². The molecule has 2 N–H and O–H groups in total. The first-order chi connectivity index (χ1) is 11.8. The first-order valence-electron chi connectivity index (χ1n) is 7.35. The van der Waals surface area contributed by atoms with E-state index < -0.39 is 28.6 Å². The Hall–Kier alpha value is -3.26. The van der Waals surface area contributed by atoms with Crippen LogP contribution in [0, 0.1) is 10.1 Å². The molecule has 0 fully saturated rings. The highest BCUT2D eigenvalue weighted by Gasteiger charge is 2.47. The second-order valence-electron chi connectivity index (χ2n) is 5.63. The van der Waals surface area contributed by atoms with Crippen molar-refractivity contribution in [3.05, 3.63) is 63.7 Å². The molecular weight excluding hydrogens is 328 g/mol. The summed E-state index contributed by atoms with van der Waals surface area (Å²) in [6, 6.07) is 9.87. The van der Waals surface area contributed by atoms with Gasteiger partial charge in [-0.05, 0) is 30.3 Å². The summed E-state index contributed by atoms with van der Waals surface area (Å²) in [5.74, 6) is -0.695. The standard InChI is InChI=1S/C17H14N2O6/c1-25-12-5-2-10(3-6-12)15(20)9-17(22)13-8-11(19(23)24)4-7-14(13)18-16(17)21/h2-8,22H,9H2,1H3,(H,18,21). The maximum atomic E-state index is 12.5. The van der Waals surface area contributed by atoms with E-state index in [2.05, 4.69) is 5.32 Å². The number of nitrogens with zero attached hydrogens (tertiary/aromatic N) is 1. The van der Waals surface area contributed by atoms with Crippen molar-refractivity contribution in [3.63, 3.8) is 0 Å². The number of nitrogens with one attached hydrogen (secondary N) is 1. The number of ether oxygens (including phenoxy) is 1. The molecule has 8 nitrogen and oxygen atoms in total. The van der Waals surface area contributed by atoms with Crippen LogP contribution in [0.4, 0.5) is 11.4 Å². The average Bonchev–Trinajstić information content (AvgIpc) is 2.85. The highest BCUT2D eigenvalue weighted by atomic mass is 16.6. The molecule has 1 aliphatic rings. The summed E-state index contributed by atoms with van der Waals surface area (Å²) < 4.78 is 5.01. The van der Waals surface area contributed by atoms with Gasteiger partial charge in [-0.15, -0.1) is 0 Å². The molecule has 0 saturated heterocycles. The number of carbonyl (C=O) groups excluding carboxylic acids is 2. The molecule has 0 aliphatic carbocycles. The van der Waals surface area contributed by atoms with Crippen molar-refractivity contribution >= 4 is 23.1 Å². The minimum atomic E-state index is -2.15. The van der Waals surface area contributed by atoms with E-state index in [0.29, 0.717) is 11.3 Å². The summed E-state index contributed by atoms with van der Waals surface area (Å²) in [5, 5.41) is 24.2. The van der Waals surface area contributed by atoms with Crippen LogP contribution in [0.25, 0.3) is 0 Å². The molecule has 2 aromatic rings. The molecule has 1 aliphatic heterocycles. The van der Waals surface area contributed by atoms with Crippen molar-refractivity contribution < 1.29 is 24.4 Å². The fourth-order valence-corrected chi connectivity index (χ4v) is 2.73. The Bertz CT molecular complexity index is 877. The lowest BCUT2D eigenvalue weighted by Gasteiger charge is -2.19. The minimum Gasteiger partial charge on any atom is -0.497 e. The minimum absolute atomic E-state index is 0.0218. The van der Waals surface area contributed by atoms with E-state index in [0.717, 1.165) is 6.07 Å². The first kappa shape index (κ1) is 16.6. The third-order valence-corrected chi connectivity index (χ3v) is 4.11. The van der Waals surface area contributed by atoms with Gasteiger partial charge in [-0.3, -0.25) is 19.7 Å². The molecule has 1 amide bonds. The van der Waals surface area contributed by atoms with Gasteiger partial charge in [0.05, 0.1) is 18.5 Å². The molecule has 1 atom stereocenters. The number of rotatable bonds is 5. The maximum Gasteiger partial charge on any atom is 0.269 e. The molecule has 1 heterocycles. The number of ketones is 1. The highest BCUT2D eigenvalue weighted by molar-refractivity contribution is 6.09. The van der Waals surface area contributed by atoms with Crippen molar-refractivity contribution in [2.24, 2.45) is 0 Å². The van der Waals surface area contributed by atoms with Crippen LogP contribution in [0.2, 0.25) is 0 Å². The molecule has 1 unspecified atom stereocenters. The van der Waals surface area contributed by atoms with Crippen molar-refractivity contribution in [1.82, 2.24) is 0 Å². The smallest absolute Gasteiger partial charge is 0.269 e. The number of amides is 1. The van der Waals surface area contributed by atoms with Crippen LogP contribution in [-0.2, 0) is 10.4 Å². The van der Waals surface area contributed by atoms with Crippen molar-refractivity contribution in [2.45, 2.75) is 12.0 Å². The number of aliphatic hydroxyl groups is 1. The Morgan fingerprint density at radius 3 is 2.56 bits per heavy atom. The molecular formula is C17H14N2O6. The van der Waals surface area contributed by atoms with E-state index in [1.807, 2.05) is 0 Å². The fraction of sp³-hybridized carbons (Fsp3) is 0.176. The van der Waals surface area contributed by atoms with Gasteiger partial charge >= 0.3 is 0 Å². The van der Waals surface area contributed by atoms with E-state index in [9.17, 15) is 24.8 Å². The molecule has 0 radical (unpaired) electrons. The van der Waals surface area contributed by atoms with E-state index in [1.165, 1.54) is 31.4 Å². The first-order valence-corrected chi connectivity index (χ1v) is 7.35. The quantitative estimate of drug-likeness (QED) is 0.487. The summed E-state index contributed by atoms with van der Waals surface area (Å²) >= 11 is 0. The number of anilines is 1. The second kappa shape index (κ2) is 5.99. The van der Waals surface area contributed by atoms with Gasteiger partial charge in [0, 0.05) is 28.9 Å². The zero-order valence-corrected chi connectivity index (χ0v) is 13.2. The SMILES string of the molecule is COc1ccc(C(=O)CC2(O)C(=O)Nc3ccc([N+](=O)[O-])cc32)cc1. The molecule has 3 rings (SSSR count). The van der Waals surface area contributed by atoms with Crippen LogP contribution in [0.1, 0.15) is 22.3 Å². The van der Waals surface area contributed by atoms with Crippen LogP contribution >= 0.6 is 0 Å². The molecule has 0 spiro atoms. The zero-order valence-electron chi connectivity index (χ0n) is 13.2. The number of nitro groups is 1. The van der Waals surface area contributed by atoms with Crippen molar-refractivity contribution in [2.75, 3.05) is 12.4 Å². The average molecular weight is 342 g/mol. The highest BCUT2D eigenvalue weighted by Crippen LogP contribution is 2.40. The van der Waals surface area contributed by atoms with Crippen LogP contribution in [0.3, 0.4) is 0 Å². The number of carbonyl (C=O) groups is 2. The number of hydrogen-bond donors (Lipinski definition) is 2. The number of Topliss-reactive ketones (excluding diaryl/α,β-unsaturated/α-hetero) is 1. The molecule has 25 heavy (non-hydrogen) atoms. The molecule has 0 aromatic heterocycles. The summed E-state index contributed by atoms with van der Waals surface area (Å²) in [6.07, 6.45) is -0.528. The van der Waals surface area contributed by atoms with Gasteiger partial charge in [0.1, 0.15) is 5.75 Å². The number of benzene rings is 2. The Labute approximate surface area is 142 Å². The van der Waals surface area contributed by atoms with E-state index in [4.69, 9.17) is 4.74 Å². The van der Waals surface area contributed by atoms with E-state index in [1.54, 1.807) is 12.1 Å². The van der Waals surface area contributed by atoms with Crippen molar-refractivity contribution in [3.8, 4) is 5.75 Å². The lowest BCUT2D eigenvalue weighted by molar-refractivity contribution is -0.385. The number of fused-ring (bicyclic) bond motifs is 1. The molecule has 2 aromatic carbocycles. The predicted octanol–water partition coefficient (Wildman–Crippen LogP) is 2.02. The van der Waals surface area contributed by atoms with Crippen LogP contribution < -0.4 is 10.1 Å². The Kier molecular flexibility index (Phi) is 3.97. The Morgan fingerprint density at radius 1 is 1.28 bits per heavy atom. The van der Waals surface area contributed by atoms with Gasteiger partial charge in [-0.1, -0.05) is 0 Å². The lowest BCUT2D eigenvalue weighted by Crippen LogP contribution is -2.36. The van der Waals surface area contributed by atoms with Gasteiger partial charge in [0.2, 0.25) is 0 Å². The van der Waals surface area contributed by atoms with Gasteiger partial charge in [-0.25, -0.2) is 0 Å².